The third-order valence-electron chi connectivity index (χ3n) is 4.82. The SMILES string of the molecule is Cc1cc(CN2CCC3(CCC(=O)N3C)CC2)n[nH]1. The number of carbonyl (C=O) groups is 1. The lowest BCUT2D eigenvalue weighted by Crippen LogP contribution is -2.51. The van der Waals surface area contributed by atoms with E-state index in [9.17, 15) is 4.79 Å². The number of aromatic amines is 1. The Morgan fingerprint density at radius 1 is 1.37 bits per heavy atom. The highest BCUT2D eigenvalue weighted by Crippen LogP contribution is 2.38. The van der Waals surface area contributed by atoms with Crippen molar-refractivity contribution in [2.24, 2.45) is 0 Å². The maximum Gasteiger partial charge on any atom is 0.222 e. The molecule has 0 radical (unpaired) electrons. The predicted octanol–water partition coefficient (Wildman–Crippen LogP) is 1.30. The van der Waals surface area contributed by atoms with Gasteiger partial charge in [-0.2, -0.15) is 5.10 Å². The van der Waals surface area contributed by atoms with E-state index in [1.54, 1.807) is 0 Å². The number of rotatable bonds is 2. The molecular weight excluding hydrogens is 240 g/mol. The first-order valence-corrected chi connectivity index (χ1v) is 7.09. The molecule has 3 heterocycles. The minimum atomic E-state index is 0.148. The van der Waals surface area contributed by atoms with Crippen molar-refractivity contribution in [3.05, 3.63) is 17.5 Å². The lowest BCUT2D eigenvalue weighted by Gasteiger charge is -2.43. The topological polar surface area (TPSA) is 52.2 Å². The summed E-state index contributed by atoms with van der Waals surface area (Å²) in [5, 5.41) is 7.28. The van der Waals surface area contributed by atoms with Gasteiger partial charge >= 0.3 is 0 Å². The van der Waals surface area contributed by atoms with E-state index in [1.165, 1.54) is 0 Å². The number of H-pyrrole nitrogens is 1. The molecule has 1 N–H and O–H groups in total. The molecule has 2 saturated heterocycles. The molecule has 19 heavy (non-hydrogen) atoms. The highest BCUT2D eigenvalue weighted by Gasteiger charge is 2.44. The summed E-state index contributed by atoms with van der Waals surface area (Å²) < 4.78 is 0. The Hall–Kier alpha value is -1.36. The van der Waals surface area contributed by atoms with Crippen molar-refractivity contribution in [1.82, 2.24) is 20.0 Å². The number of carbonyl (C=O) groups excluding carboxylic acids is 1. The third kappa shape index (κ3) is 2.27. The van der Waals surface area contributed by atoms with Crippen molar-refractivity contribution in [1.29, 1.82) is 0 Å². The van der Waals surface area contributed by atoms with E-state index in [2.05, 4.69) is 21.2 Å². The van der Waals surface area contributed by atoms with E-state index in [1.807, 2.05) is 18.9 Å². The molecule has 0 aliphatic carbocycles. The van der Waals surface area contributed by atoms with Crippen LogP contribution in [0.15, 0.2) is 6.07 Å². The molecule has 0 saturated carbocycles. The molecule has 5 nitrogen and oxygen atoms in total. The van der Waals surface area contributed by atoms with Crippen molar-refractivity contribution in [2.45, 2.75) is 44.7 Å². The van der Waals surface area contributed by atoms with Gasteiger partial charge in [-0.1, -0.05) is 0 Å². The second kappa shape index (κ2) is 4.63. The van der Waals surface area contributed by atoms with Crippen LogP contribution in [0, 0.1) is 6.92 Å². The van der Waals surface area contributed by atoms with E-state index in [4.69, 9.17) is 0 Å². The zero-order chi connectivity index (χ0) is 13.5. The van der Waals surface area contributed by atoms with E-state index in [0.29, 0.717) is 5.91 Å². The normalized spacial score (nSPS) is 23.5. The molecular formula is C14H22N4O. The van der Waals surface area contributed by atoms with Gasteiger partial charge in [0.25, 0.3) is 0 Å². The molecule has 3 rings (SSSR count). The van der Waals surface area contributed by atoms with Crippen LogP contribution >= 0.6 is 0 Å². The number of hydrogen-bond donors (Lipinski definition) is 1. The number of aromatic nitrogens is 2. The van der Waals surface area contributed by atoms with Gasteiger partial charge in [0.1, 0.15) is 0 Å². The summed E-state index contributed by atoms with van der Waals surface area (Å²) in [5.74, 6) is 0.316. The highest BCUT2D eigenvalue weighted by atomic mass is 16.2. The van der Waals surface area contributed by atoms with E-state index < -0.39 is 0 Å². The van der Waals surface area contributed by atoms with Gasteiger partial charge in [0.15, 0.2) is 0 Å². The molecule has 1 amide bonds. The van der Waals surface area contributed by atoms with Gasteiger partial charge in [0.05, 0.1) is 5.69 Å². The molecule has 0 atom stereocenters. The minimum Gasteiger partial charge on any atom is -0.340 e. The third-order valence-corrected chi connectivity index (χ3v) is 4.82. The Morgan fingerprint density at radius 3 is 2.63 bits per heavy atom. The summed E-state index contributed by atoms with van der Waals surface area (Å²) in [6.07, 6.45) is 3.96. The van der Waals surface area contributed by atoms with Crippen molar-refractivity contribution in [3.8, 4) is 0 Å². The summed E-state index contributed by atoms with van der Waals surface area (Å²) in [5.41, 5.74) is 2.38. The average Bonchev–Trinajstić information content (AvgIpc) is 2.92. The van der Waals surface area contributed by atoms with Crippen molar-refractivity contribution in [3.63, 3.8) is 0 Å². The first-order valence-electron chi connectivity index (χ1n) is 7.09. The van der Waals surface area contributed by atoms with Crippen LogP contribution in [-0.4, -0.2) is 51.6 Å². The molecule has 2 aliphatic heterocycles. The number of nitrogens with zero attached hydrogens (tertiary/aromatic N) is 3. The van der Waals surface area contributed by atoms with E-state index >= 15 is 0 Å². The van der Waals surface area contributed by atoms with Crippen LogP contribution in [0.4, 0.5) is 0 Å². The predicted molar refractivity (Wildman–Crippen MR) is 72.6 cm³/mol. The summed E-state index contributed by atoms with van der Waals surface area (Å²) in [6.45, 7) is 5.06. The van der Waals surface area contributed by atoms with E-state index in [0.717, 1.165) is 56.7 Å². The largest absolute Gasteiger partial charge is 0.340 e. The smallest absolute Gasteiger partial charge is 0.222 e. The minimum absolute atomic E-state index is 0.148. The van der Waals surface area contributed by atoms with E-state index in [-0.39, 0.29) is 5.54 Å². The number of piperidine rings is 1. The fourth-order valence-electron chi connectivity index (χ4n) is 3.44. The molecule has 2 aliphatic rings. The van der Waals surface area contributed by atoms with Gasteiger partial charge in [-0.15, -0.1) is 0 Å². The van der Waals surface area contributed by atoms with Crippen LogP contribution in [0.1, 0.15) is 37.1 Å². The second-order valence-electron chi connectivity index (χ2n) is 6.00. The first-order chi connectivity index (χ1) is 9.09. The molecule has 1 aromatic heterocycles. The lowest BCUT2D eigenvalue weighted by atomic mass is 9.85. The van der Waals surface area contributed by atoms with Gasteiger partial charge in [-0.3, -0.25) is 14.8 Å². The van der Waals surface area contributed by atoms with Gasteiger partial charge < -0.3 is 4.90 Å². The van der Waals surface area contributed by atoms with Crippen molar-refractivity contribution in [2.75, 3.05) is 20.1 Å². The number of aryl methyl sites for hydroxylation is 1. The molecule has 1 spiro atoms. The van der Waals surface area contributed by atoms with Crippen molar-refractivity contribution < 1.29 is 4.79 Å². The standard InChI is InChI=1S/C14H22N4O/c1-11-9-12(16-15-11)10-18-7-5-14(6-8-18)4-3-13(19)17(14)2/h9H,3-8,10H2,1-2H3,(H,15,16). The van der Waals surface area contributed by atoms with Crippen molar-refractivity contribution >= 4 is 5.91 Å². The number of nitrogens with one attached hydrogen (secondary N) is 1. The number of hydrogen-bond acceptors (Lipinski definition) is 3. The molecule has 2 fully saturated rings. The van der Waals surface area contributed by atoms with Crippen LogP contribution < -0.4 is 0 Å². The quantitative estimate of drug-likeness (QED) is 0.874. The van der Waals surface area contributed by atoms with Crippen LogP contribution in [0.3, 0.4) is 0 Å². The zero-order valence-corrected chi connectivity index (χ0v) is 11.8. The summed E-state index contributed by atoms with van der Waals surface area (Å²) in [4.78, 5) is 16.2. The van der Waals surface area contributed by atoms with Crippen LogP contribution in [0.25, 0.3) is 0 Å². The molecule has 0 unspecified atom stereocenters. The second-order valence-corrected chi connectivity index (χ2v) is 6.00. The zero-order valence-electron chi connectivity index (χ0n) is 11.8. The molecule has 0 aromatic carbocycles. The monoisotopic (exact) mass is 262 g/mol. The average molecular weight is 262 g/mol. The molecule has 104 valence electrons. The number of amides is 1. The Morgan fingerprint density at radius 2 is 2.11 bits per heavy atom. The summed E-state index contributed by atoms with van der Waals surface area (Å²) >= 11 is 0. The molecule has 0 bridgehead atoms. The van der Waals surface area contributed by atoms with Crippen LogP contribution in [0.5, 0.6) is 0 Å². The number of likely N-dealkylation sites (tertiary alicyclic amines) is 2. The maximum absolute atomic E-state index is 11.7. The van der Waals surface area contributed by atoms with Crippen LogP contribution in [-0.2, 0) is 11.3 Å². The molecule has 1 aromatic rings. The van der Waals surface area contributed by atoms with Gasteiger partial charge in [0.2, 0.25) is 5.91 Å². The van der Waals surface area contributed by atoms with Gasteiger partial charge in [-0.25, -0.2) is 0 Å². The highest BCUT2D eigenvalue weighted by molar-refractivity contribution is 5.79. The summed E-state index contributed by atoms with van der Waals surface area (Å²) in [7, 11) is 1.97. The van der Waals surface area contributed by atoms with Crippen LogP contribution in [0.2, 0.25) is 0 Å². The fraction of sp³-hybridized carbons (Fsp3) is 0.714. The lowest BCUT2D eigenvalue weighted by molar-refractivity contribution is -0.130. The molecule has 5 heteroatoms. The van der Waals surface area contributed by atoms with Gasteiger partial charge in [0, 0.05) is 44.3 Å². The Labute approximate surface area is 114 Å². The maximum atomic E-state index is 11.7. The Bertz CT molecular complexity index is 474. The Balaban J connectivity index is 1.59. The summed E-state index contributed by atoms with van der Waals surface area (Å²) in [6, 6.07) is 2.11. The Kier molecular flexibility index (Phi) is 3.09. The fourth-order valence-corrected chi connectivity index (χ4v) is 3.44. The van der Waals surface area contributed by atoms with Gasteiger partial charge in [-0.05, 0) is 32.3 Å². The first kappa shape index (κ1) is 12.7.